The summed E-state index contributed by atoms with van der Waals surface area (Å²) in [4.78, 5) is 21.9. The second-order valence-corrected chi connectivity index (χ2v) is 15.1. The highest BCUT2D eigenvalue weighted by Crippen LogP contribution is 2.42. The van der Waals surface area contributed by atoms with Gasteiger partial charge in [0.1, 0.15) is 12.7 Å². The molecule has 2 atom stereocenters. The SMILES string of the molecule is CCCCC/C=C\C/C=C\C/C=C\C/C=C\CCCC(=O)NCCOP(=O)(O)OC[C@H](O)CO/C=C\CCCCCCCCCCCCCCCC. The molecule has 0 aromatic heterocycles. The first-order valence-electron chi connectivity index (χ1n) is 20.8. The van der Waals surface area contributed by atoms with Crippen LogP contribution in [0.15, 0.2) is 60.9 Å². The Kier molecular flexibility index (Phi) is 38.7. The van der Waals surface area contributed by atoms with Crippen molar-refractivity contribution < 1.29 is 33.1 Å². The molecule has 0 saturated carbocycles. The summed E-state index contributed by atoms with van der Waals surface area (Å²) in [6.07, 6.45) is 49.2. The molecule has 1 amide bonds. The molecule has 302 valence electrons. The molecule has 0 heterocycles. The summed E-state index contributed by atoms with van der Waals surface area (Å²) in [5.74, 6) is -0.141. The van der Waals surface area contributed by atoms with Crippen molar-refractivity contribution in [3.63, 3.8) is 0 Å². The molecule has 52 heavy (non-hydrogen) atoms. The maximum atomic E-state index is 12.1. The fourth-order valence-corrected chi connectivity index (χ4v) is 6.16. The predicted octanol–water partition coefficient (Wildman–Crippen LogP) is 12.1. The molecule has 9 heteroatoms. The molecule has 0 aliphatic rings. The van der Waals surface area contributed by atoms with Crippen molar-refractivity contribution in [1.82, 2.24) is 5.32 Å². The van der Waals surface area contributed by atoms with E-state index < -0.39 is 20.5 Å². The van der Waals surface area contributed by atoms with Crippen LogP contribution in [0.4, 0.5) is 0 Å². The van der Waals surface area contributed by atoms with Crippen molar-refractivity contribution in [1.29, 1.82) is 0 Å². The smallest absolute Gasteiger partial charge is 0.472 e. The van der Waals surface area contributed by atoms with Crippen LogP contribution in [0.3, 0.4) is 0 Å². The number of hydrogen-bond donors (Lipinski definition) is 3. The van der Waals surface area contributed by atoms with Gasteiger partial charge in [0.2, 0.25) is 5.91 Å². The number of unbranched alkanes of at least 4 members (excludes halogenated alkanes) is 18. The Morgan fingerprint density at radius 2 is 1.04 bits per heavy atom. The Balaban J connectivity index is 3.64. The number of nitrogens with one attached hydrogen (secondary N) is 1. The number of rotatable bonds is 39. The van der Waals surface area contributed by atoms with Gasteiger partial charge in [0.25, 0.3) is 0 Å². The van der Waals surface area contributed by atoms with Crippen LogP contribution in [-0.4, -0.2) is 48.4 Å². The van der Waals surface area contributed by atoms with E-state index in [4.69, 9.17) is 13.8 Å². The molecule has 0 rings (SSSR count). The average Bonchev–Trinajstić information content (AvgIpc) is 3.13. The summed E-state index contributed by atoms with van der Waals surface area (Å²) >= 11 is 0. The summed E-state index contributed by atoms with van der Waals surface area (Å²) in [6.45, 7) is 3.96. The third-order valence-corrected chi connectivity index (χ3v) is 9.53. The maximum absolute atomic E-state index is 12.1. The third kappa shape index (κ3) is 40.8. The fraction of sp³-hybridized carbons (Fsp3) is 0.744. The van der Waals surface area contributed by atoms with Crippen molar-refractivity contribution in [2.75, 3.05) is 26.4 Å². The van der Waals surface area contributed by atoms with E-state index in [-0.39, 0.29) is 25.7 Å². The minimum atomic E-state index is -4.35. The summed E-state index contributed by atoms with van der Waals surface area (Å²) in [7, 11) is -4.35. The van der Waals surface area contributed by atoms with Gasteiger partial charge in [0.05, 0.1) is 19.5 Å². The number of phosphoric ester groups is 1. The second kappa shape index (κ2) is 40.2. The summed E-state index contributed by atoms with van der Waals surface area (Å²) in [5, 5.41) is 12.7. The lowest BCUT2D eigenvalue weighted by Crippen LogP contribution is -2.27. The zero-order chi connectivity index (χ0) is 38.1. The molecule has 1 unspecified atom stereocenters. The zero-order valence-corrected chi connectivity index (χ0v) is 34.1. The summed E-state index contributed by atoms with van der Waals surface area (Å²) in [5.41, 5.74) is 0. The lowest BCUT2D eigenvalue weighted by atomic mass is 10.0. The van der Waals surface area contributed by atoms with Gasteiger partial charge < -0.3 is 20.1 Å². The molecule has 0 saturated heterocycles. The third-order valence-electron chi connectivity index (χ3n) is 8.55. The van der Waals surface area contributed by atoms with E-state index in [1.54, 1.807) is 6.26 Å². The minimum absolute atomic E-state index is 0.0492. The number of aliphatic hydroxyl groups excluding tert-OH is 1. The number of hydrogen-bond acceptors (Lipinski definition) is 6. The van der Waals surface area contributed by atoms with Crippen LogP contribution >= 0.6 is 7.82 Å². The van der Waals surface area contributed by atoms with Crippen LogP contribution in [0.1, 0.15) is 174 Å². The van der Waals surface area contributed by atoms with Gasteiger partial charge in [-0.3, -0.25) is 13.8 Å². The number of phosphoric acid groups is 1. The number of carbonyl (C=O) groups excluding carboxylic acids is 1. The maximum Gasteiger partial charge on any atom is 0.472 e. The van der Waals surface area contributed by atoms with E-state index in [1.165, 1.54) is 109 Å². The largest absolute Gasteiger partial charge is 0.499 e. The van der Waals surface area contributed by atoms with E-state index in [0.29, 0.717) is 6.42 Å². The summed E-state index contributed by atoms with van der Waals surface area (Å²) in [6, 6.07) is 0. The van der Waals surface area contributed by atoms with Crippen LogP contribution in [0.2, 0.25) is 0 Å². The van der Waals surface area contributed by atoms with Gasteiger partial charge in [-0.05, 0) is 63.9 Å². The van der Waals surface area contributed by atoms with Crippen LogP contribution in [0.25, 0.3) is 0 Å². The molecular weight excluding hydrogens is 673 g/mol. The number of allylic oxidation sites excluding steroid dienone is 9. The topological polar surface area (TPSA) is 114 Å². The van der Waals surface area contributed by atoms with Gasteiger partial charge >= 0.3 is 7.82 Å². The lowest BCUT2D eigenvalue weighted by Gasteiger charge is -2.15. The Hall–Kier alpha value is -1.96. The first-order valence-corrected chi connectivity index (χ1v) is 22.3. The normalized spacial score (nSPS) is 14.1. The monoisotopic (exact) mass is 752 g/mol. The molecule has 0 fully saturated rings. The lowest BCUT2D eigenvalue weighted by molar-refractivity contribution is -0.121. The van der Waals surface area contributed by atoms with Crippen LogP contribution in [-0.2, 0) is 23.1 Å². The van der Waals surface area contributed by atoms with Crippen molar-refractivity contribution in [3.8, 4) is 0 Å². The average molecular weight is 752 g/mol. The van der Waals surface area contributed by atoms with Crippen LogP contribution < -0.4 is 5.32 Å². The van der Waals surface area contributed by atoms with E-state index in [9.17, 15) is 19.4 Å². The van der Waals surface area contributed by atoms with Gasteiger partial charge in [-0.1, -0.05) is 159 Å². The van der Waals surface area contributed by atoms with E-state index in [2.05, 4.69) is 67.8 Å². The molecule has 0 bridgehead atoms. The highest BCUT2D eigenvalue weighted by molar-refractivity contribution is 7.47. The zero-order valence-electron chi connectivity index (χ0n) is 33.2. The van der Waals surface area contributed by atoms with Gasteiger partial charge in [-0.15, -0.1) is 0 Å². The van der Waals surface area contributed by atoms with Crippen molar-refractivity contribution in [2.45, 2.75) is 180 Å². The molecule has 0 aromatic carbocycles. The second-order valence-electron chi connectivity index (χ2n) is 13.7. The predicted molar refractivity (Wildman–Crippen MR) is 219 cm³/mol. The molecule has 3 N–H and O–H groups in total. The Morgan fingerprint density at radius 1 is 0.596 bits per heavy atom. The quantitative estimate of drug-likeness (QED) is 0.0248. The van der Waals surface area contributed by atoms with E-state index in [0.717, 1.165) is 44.9 Å². The summed E-state index contributed by atoms with van der Waals surface area (Å²) < 4.78 is 27.1. The number of carbonyl (C=O) groups is 1. The minimum Gasteiger partial charge on any atom is -0.499 e. The van der Waals surface area contributed by atoms with E-state index >= 15 is 0 Å². The van der Waals surface area contributed by atoms with Gasteiger partial charge in [-0.25, -0.2) is 4.57 Å². The molecule has 0 spiro atoms. The molecule has 8 nitrogen and oxygen atoms in total. The Labute approximate surface area is 319 Å². The highest BCUT2D eigenvalue weighted by Gasteiger charge is 2.22. The molecular formula is C43H78NO7P. The molecule has 0 radical (unpaired) electrons. The Morgan fingerprint density at radius 3 is 1.60 bits per heavy atom. The highest BCUT2D eigenvalue weighted by atomic mass is 31.2. The van der Waals surface area contributed by atoms with Crippen molar-refractivity contribution in [3.05, 3.63) is 60.9 Å². The fourth-order valence-electron chi connectivity index (χ4n) is 5.41. The number of ether oxygens (including phenoxy) is 1. The standard InChI is InChI=1S/C43H78NO7P/c1-3-5-7-9-11-13-15-17-19-21-22-24-26-28-30-32-34-36-43(46)44-37-39-50-52(47,48)51-41-42(45)40-49-38-35-33-31-29-27-25-23-20-18-16-14-12-10-8-6-4-2/h11,13,17,19,22,24,28,30,35,38,42,45H,3-10,12,14-16,18,20-21,23,25-27,29,31-34,36-37,39-41H2,1-2H3,(H,44,46)(H,47,48)/b13-11-,19-17-,24-22-,30-28-,38-35-/t42-/m1/s1. The number of aliphatic hydroxyl groups is 1. The molecule has 0 aromatic rings. The first-order chi connectivity index (χ1) is 25.4. The number of amides is 1. The van der Waals surface area contributed by atoms with Gasteiger partial charge in [0.15, 0.2) is 0 Å². The Bertz CT molecular complexity index is 979. The van der Waals surface area contributed by atoms with Crippen molar-refractivity contribution >= 4 is 13.7 Å². The van der Waals surface area contributed by atoms with Gasteiger partial charge in [0, 0.05) is 13.0 Å². The first kappa shape index (κ1) is 50.0. The van der Waals surface area contributed by atoms with Crippen LogP contribution in [0, 0.1) is 0 Å². The molecule has 0 aliphatic heterocycles. The van der Waals surface area contributed by atoms with Crippen LogP contribution in [0.5, 0.6) is 0 Å². The van der Waals surface area contributed by atoms with Gasteiger partial charge in [-0.2, -0.15) is 0 Å². The van der Waals surface area contributed by atoms with Crippen molar-refractivity contribution in [2.24, 2.45) is 0 Å². The molecule has 0 aliphatic carbocycles. The van der Waals surface area contributed by atoms with E-state index in [1.807, 2.05) is 6.08 Å².